The van der Waals surface area contributed by atoms with Crippen LogP contribution in [0.2, 0.25) is 0 Å². The first-order valence-corrected chi connectivity index (χ1v) is 9.65. The molecule has 1 fully saturated rings. The van der Waals surface area contributed by atoms with E-state index in [0.717, 1.165) is 25.3 Å². The van der Waals surface area contributed by atoms with Crippen LogP contribution in [0.25, 0.3) is 0 Å². The van der Waals surface area contributed by atoms with Gasteiger partial charge in [0.25, 0.3) is 0 Å². The highest BCUT2D eigenvalue weighted by Crippen LogP contribution is 2.31. The van der Waals surface area contributed by atoms with Gasteiger partial charge in [-0.2, -0.15) is 0 Å². The van der Waals surface area contributed by atoms with Gasteiger partial charge in [-0.25, -0.2) is 8.78 Å². The number of aryl methyl sites for hydroxylation is 1. The molecule has 0 aliphatic carbocycles. The first-order valence-electron chi connectivity index (χ1n) is 9.65. The molecule has 26 heavy (non-hydrogen) atoms. The van der Waals surface area contributed by atoms with Gasteiger partial charge in [0.1, 0.15) is 11.6 Å². The number of piperidine rings is 1. The smallest absolute Gasteiger partial charge is 0.126 e. The second kappa shape index (κ2) is 8.77. The largest absolute Gasteiger partial charge is 0.391 e. The maximum atomic E-state index is 13.3. The molecular formula is C21H33F2NO2. The predicted octanol–water partition coefficient (Wildman–Crippen LogP) is 3.96. The quantitative estimate of drug-likeness (QED) is 0.682. The van der Waals surface area contributed by atoms with Crippen molar-refractivity contribution in [2.24, 2.45) is 5.41 Å². The van der Waals surface area contributed by atoms with Crippen molar-refractivity contribution in [2.45, 2.75) is 83.5 Å². The zero-order valence-electron chi connectivity index (χ0n) is 16.2. The van der Waals surface area contributed by atoms with E-state index in [1.807, 2.05) is 0 Å². The van der Waals surface area contributed by atoms with Crippen LogP contribution in [0.1, 0.15) is 64.9 Å². The second-order valence-electron chi connectivity index (χ2n) is 9.04. The van der Waals surface area contributed by atoms with Crippen molar-refractivity contribution in [3.05, 3.63) is 35.4 Å². The molecule has 0 spiro atoms. The van der Waals surface area contributed by atoms with Gasteiger partial charge >= 0.3 is 0 Å². The van der Waals surface area contributed by atoms with Crippen LogP contribution in [0.15, 0.2) is 18.2 Å². The van der Waals surface area contributed by atoms with Crippen LogP contribution < -0.4 is 5.32 Å². The molecule has 1 aromatic rings. The zero-order valence-corrected chi connectivity index (χ0v) is 16.2. The van der Waals surface area contributed by atoms with Gasteiger partial charge in [-0.15, -0.1) is 0 Å². The maximum Gasteiger partial charge on any atom is 0.126 e. The Balaban J connectivity index is 1.85. The van der Waals surface area contributed by atoms with Gasteiger partial charge in [-0.05, 0) is 68.2 Å². The number of aliphatic hydroxyl groups is 2. The molecule has 148 valence electrons. The monoisotopic (exact) mass is 369 g/mol. The van der Waals surface area contributed by atoms with E-state index >= 15 is 0 Å². The Morgan fingerprint density at radius 3 is 2.50 bits per heavy atom. The molecule has 3 N–H and O–H groups in total. The van der Waals surface area contributed by atoms with E-state index < -0.39 is 23.3 Å². The summed E-state index contributed by atoms with van der Waals surface area (Å²) in [6.45, 7) is 7.26. The minimum absolute atomic E-state index is 0.193. The molecule has 0 amide bonds. The minimum atomic E-state index is -0.743. The van der Waals surface area contributed by atoms with Crippen LogP contribution in [-0.4, -0.2) is 34.5 Å². The van der Waals surface area contributed by atoms with E-state index in [1.54, 1.807) is 0 Å². The fourth-order valence-electron chi connectivity index (χ4n) is 3.79. The van der Waals surface area contributed by atoms with E-state index in [-0.39, 0.29) is 11.5 Å². The van der Waals surface area contributed by atoms with E-state index in [1.165, 1.54) is 12.1 Å². The molecule has 1 saturated heterocycles. The van der Waals surface area contributed by atoms with Gasteiger partial charge in [0.15, 0.2) is 0 Å². The molecule has 1 aromatic carbocycles. The summed E-state index contributed by atoms with van der Waals surface area (Å²) in [7, 11) is 0. The summed E-state index contributed by atoms with van der Waals surface area (Å²) in [5, 5.41) is 24.7. The maximum absolute atomic E-state index is 13.3. The molecule has 0 saturated carbocycles. The molecule has 0 aromatic heterocycles. The summed E-state index contributed by atoms with van der Waals surface area (Å²) in [5.41, 5.74) is 0.0491. The van der Waals surface area contributed by atoms with Crippen molar-refractivity contribution in [2.75, 3.05) is 6.54 Å². The van der Waals surface area contributed by atoms with Gasteiger partial charge in [-0.3, -0.25) is 0 Å². The first-order chi connectivity index (χ1) is 12.1. The Labute approximate surface area is 155 Å². The Hall–Kier alpha value is -1.04. The molecule has 1 heterocycles. The van der Waals surface area contributed by atoms with Gasteiger partial charge in [0, 0.05) is 12.1 Å². The molecule has 3 unspecified atom stereocenters. The highest BCUT2D eigenvalue weighted by Gasteiger charge is 2.36. The molecule has 0 radical (unpaired) electrons. The Morgan fingerprint density at radius 1 is 1.23 bits per heavy atom. The SMILES string of the molecule is CC(C)(C)CCCC1(O)CCNC(C(O)CCc2cc(F)cc(F)c2)C1. The third-order valence-corrected chi connectivity index (χ3v) is 5.28. The first kappa shape index (κ1) is 21.3. The summed E-state index contributed by atoms with van der Waals surface area (Å²) >= 11 is 0. The Morgan fingerprint density at radius 2 is 1.88 bits per heavy atom. The van der Waals surface area contributed by atoms with Crippen molar-refractivity contribution < 1.29 is 19.0 Å². The van der Waals surface area contributed by atoms with Crippen molar-refractivity contribution in [1.82, 2.24) is 5.32 Å². The van der Waals surface area contributed by atoms with E-state index in [4.69, 9.17) is 0 Å². The number of benzene rings is 1. The highest BCUT2D eigenvalue weighted by atomic mass is 19.1. The summed E-state index contributed by atoms with van der Waals surface area (Å²) < 4.78 is 26.5. The third kappa shape index (κ3) is 6.93. The number of rotatable bonds is 7. The second-order valence-corrected chi connectivity index (χ2v) is 9.04. The van der Waals surface area contributed by atoms with Crippen LogP contribution in [0.3, 0.4) is 0 Å². The van der Waals surface area contributed by atoms with Crippen molar-refractivity contribution >= 4 is 0 Å². The fourth-order valence-corrected chi connectivity index (χ4v) is 3.79. The van der Waals surface area contributed by atoms with Crippen molar-refractivity contribution in [1.29, 1.82) is 0 Å². The van der Waals surface area contributed by atoms with Crippen LogP contribution in [-0.2, 0) is 6.42 Å². The molecule has 1 aliphatic rings. The minimum Gasteiger partial charge on any atom is -0.391 e. The van der Waals surface area contributed by atoms with Gasteiger partial charge in [0.2, 0.25) is 0 Å². The molecular weight excluding hydrogens is 336 g/mol. The van der Waals surface area contributed by atoms with Crippen LogP contribution in [0.5, 0.6) is 0 Å². The third-order valence-electron chi connectivity index (χ3n) is 5.28. The summed E-state index contributed by atoms with van der Waals surface area (Å²) in [6, 6.07) is 3.25. The van der Waals surface area contributed by atoms with E-state index in [2.05, 4.69) is 26.1 Å². The molecule has 1 aliphatic heterocycles. The molecule has 3 atom stereocenters. The summed E-state index contributed by atoms with van der Waals surface area (Å²) in [4.78, 5) is 0. The van der Waals surface area contributed by atoms with Crippen molar-refractivity contribution in [3.63, 3.8) is 0 Å². The Bertz CT molecular complexity index is 568. The predicted molar refractivity (Wildman–Crippen MR) is 100.0 cm³/mol. The number of hydrogen-bond donors (Lipinski definition) is 3. The molecule has 0 bridgehead atoms. The summed E-state index contributed by atoms with van der Waals surface area (Å²) in [6.07, 6.45) is 4.10. The average molecular weight is 369 g/mol. The average Bonchev–Trinajstić information content (AvgIpc) is 2.50. The van der Waals surface area contributed by atoms with Crippen LogP contribution in [0.4, 0.5) is 8.78 Å². The lowest BCUT2D eigenvalue weighted by atomic mass is 9.79. The van der Waals surface area contributed by atoms with Gasteiger partial charge < -0.3 is 15.5 Å². The fraction of sp³-hybridized carbons (Fsp3) is 0.714. The number of nitrogens with one attached hydrogen (secondary N) is 1. The van der Waals surface area contributed by atoms with Gasteiger partial charge in [0.05, 0.1) is 11.7 Å². The topological polar surface area (TPSA) is 52.5 Å². The number of aliphatic hydroxyl groups excluding tert-OH is 1. The normalized spacial score (nSPS) is 25.3. The van der Waals surface area contributed by atoms with Crippen LogP contribution in [0, 0.1) is 17.0 Å². The lowest BCUT2D eigenvalue weighted by molar-refractivity contribution is -0.0372. The highest BCUT2D eigenvalue weighted by molar-refractivity contribution is 5.18. The molecule has 2 rings (SSSR count). The Kier molecular flexibility index (Phi) is 7.17. The van der Waals surface area contributed by atoms with E-state index in [9.17, 15) is 19.0 Å². The molecule has 3 nitrogen and oxygen atoms in total. The van der Waals surface area contributed by atoms with Crippen molar-refractivity contribution in [3.8, 4) is 0 Å². The lowest BCUT2D eigenvalue weighted by Gasteiger charge is -2.40. The molecule has 5 heteroatoms. The standard InChI is InChI=1S/C21H33F2NO2/c1-20(2,3)7-4-8-21(26)9-10-24-18(14-21)19(25)6-5-15-11-16(22)13-17(23)12-15/h11-13,18-19,24-26H,4-10,14H2,1-3H3. The van der Waals surface area contributed by atoms with Crippen LogP contribution >= 0.6 is 0 Å². The summed E-state index contributed by atoms with van der Waals surface area (Å²) in [5.74, 6) is -1.20. The number of halogens is 2. The lowest BCUT2D eigenvalue weighted by Crippen LogP contribution is -2.53. The number of hydrogen-bond acceptors (Lipinski definition) is 3. The van der Waals surface area contributed by atoms with E-state index in [0.29, 0.717) is 37.8 Å². The van der Waals surface area contributed by atoms with Gasteiger partial charge in [-0.1, -0.05) is 27.2 Å². The zero-order chi connectivity index (χ0) is 19.4.